The van der Waals surface area contributed by atoms with Gasteiger partial charge in [0.05, 0.1) is 17.1 Å². The van der Waals surface area contributed by atoms with E-state index in [2.05, 4.69) is 5.32 Å². The molecule has 0 spiro atoms. The molecule has 10 heteroatoms. The molecule has 0 radical (unpaired) electrons. The molecule has 1 unspecified atom stereocenters. The molecule has 0 bridgehead atoms. The summed E-state index contributed by atoms with van der Waals surface area (Å²) in [4.78, 5) is 12.2. The number of halogens is 4. The lowest BCUT2D eigenvalue weighted by Gasteiger charge is -2.22. The number of rotatable bonds is 6. The molecule has 0 aliphatic carbocycles. The van der Waals surface area contributed by atoms with Crippen molar-refractivity contribution in [2.45, 2.75) is 24.5 Å². The molecule has 2 aromatic carbocycles. The van der Waals surface area contributed by atoms with Crippen LogP contribution in [-0.4, -0.2) is 30.8 Å². The van der Waals surface area contributed by atoms with Crippen molar-refractivity contribution in [3.63, 3.8) is 0 Å². The lowest BCUT2D eigenvalue weighted by molar-refractivity contribution is -0.137. The topological polar surface area (TPSA) is 83.5 Å². The summed E-state index contributed by atoms with van der Waals surface area (Å²) in [7, 11) is -3.92. The number of nitrogens with one attached hydrogen (secondary N) is 1. The summed E-state index contributed by atoms with van der Waals surface area (Å²) in [5.41, 5.74) is -2.90. The first-order valence-corrected chi connectivity index (χ1v) is 10.1. The molecule has 2 N–H and O–H groups in total. The van der Waals surface area contributed by atoms with Gasteiger partial charge < -0.3 is 10.4 Å². The maximum absolute atomic E-state index is 12.6. The quantitative estimate of drug-likeness (QED) is 0.725. The predicted octanol–water partition coefficient (Wildman–Crippen LogP) is 3.66. The molecule has 0 aliphatic rings. The Morgan fingerprint density at radius 1 is 1.11 bits per heavy atom. The Bertz CT molecular complexity index is 958. The second-order valence-corrected chi connectivity index (χ2v) is 8.90. The Morgan fingerprint density at radius 2 is 1.68 bits per heavy atom. The number of amides is 1. The number of hydrogen-bond donors (Lipinski definition) is 2. The van der Waals surface area contributed by atoms with E-state index in [0.29, 0.717) is 5.56 Å². The van der Waals surface area contributed by atoms with Crippen LogP contribution in [0.15, 0.2) is 48.5 Å². The predicted molar refractivity (Wildman–Crippen MR) is 99.6 cm³/mol. The van der Waals surface area contributed by atoms with Crippen molar-refractivity contribution in [2.24, 2.45) is 0 Å². The number of carbonyl (C=O) groups excluding carboxylic acids is 1. The molecular weight excluding hydrogens is 419 g/mol. The maximum Gasteiger partial charge on any atom is 0.416 e. The van der Waals surface area contributed by atoms with Gasteiger partial charge in [0.1, 0.15) is 0 Å². The summed E-state index contributed by atoms with van der Waals surface area (Å²) in [6.45, 7) is 1.01. The largest absolute Gasteiger partial charge is 0.416 e. The van der Waals surface area contributed by atoms with Gasteiger partial charge in [-0.1, -0.05) is 29.8 Å². The van der Waals surface area contributed by atoms with Crippen molar-refractivity contribution >= 4 is 33.0 Å². The highest BCUT2D eigenvalue weighted by atomic mass is 35.5. The van der Waals surface area contributed by atoms with E-state index in [1.54, 1.807) is 12.1 Å². The number of hydrogen-bond acceptors (Lipinski definition) is 4. The van der Waals surface area contributed by atoms with Crippen LogP contribution in [0, 0.1) is 0 Å². The molecule has 1 amide bonds. The number of aliphatic hydroxyl groups is 1. The molecule has 1 atom stereocenters. The van der Waals surface area contributed by atoms with Crippen LogP contribution >= 0.6 is 11.6 Å². The molecule has 2 aromatic rings. The van der Waals surface area contributed by atoms with Crippen molar-refractivity contribution in [1.82, 2.24) is 0 Å². The van der Waals surface area contributed by atoms with Gasteiger partial charge in [0.25, 0.3) is 5.91 Å². The van der Waals surface area contributed by atoms with Crippen LogP contribution in [0.25, 0.3) is 0 Å². The van der Waals surface area contributed by atoms with Gasteiger partial charge in [0, 0.05) is 10.7 Å². The van der Waals surface area contributed by atoms with Crippen LogP contribution in [0.2, 0.25) is 5.02 Å². The minimum atomic E-state index is -4.53. The van der Waals surface area contributed by atoms with Crippen LogP contribution in [0.3, 0.4) is 0 Å². The first-order chi connectivity index (χ1) is 12.8. The van der Waals surface area contributed by atoms with E-state index in [-0.39, 0.29) is 10.7 Å². The number of benzene rings is 2. The molecule has 0 aromatic heterocycles. The zero-order valence-corrected chi connectivity index (χ0v) is 16.2. The van der Waals surface area contributed by atoms with Gasteiger partial charge in [-0.05, 0) is 42.8 Å². The highest BCUT2D eigenvalue weighted by Crippen LogP contribution is 2.30. The summed E-state index contributed by atoms with van der Waals surface area (Å²) in [5.74, 6) is -2.43. The molecule has 0 fully saturated rings. The normalized spacial score (nSPS) is 14.4. The van der Waals surface area contributed by atoms with Gasteiger partial charge in [-0.3, -0.25) is 4.79 Å². The number of anilines is 1. The molecule has 28 heavy (non-hydrogen) atoms. The SMILES string of the molecule is CC(O)(CS(=O)(=O)Cc1ccccc1Cl)C(=O)Nc1ccc(C(F)(F)F)cc1. The van der Waals surface area contributed by atoms with Gasteiger partial charge in [-0.2, -0.15) is 13.2 Å². The minimum Gasteiger partial charge on any atom is -0.379 e. The third-order valence-electron chi connectivity index (χ3n) is 3.79. The van der Waals surface area contributed by atoms with Crippen molar-refractivity contribution < 1.29 is 31.5 Å². The molecule has 0 saturated carbocycles. The Balaban J connectivity index is 2.08. The van der Waals surface area contributed by atoms with Crippen molar-refractivity contribution in [2.75, 3.05) is 11.1 Å². The standard InChI is InChI=1S/C18H17ClF3NO4S/c1-17(25,11-28(26,27)10-12-4-2-3-5-15(12)19)16(24)23-14-8-6-13(7-9-14)18(20,21)22/h2-9,25H,10-11H2,1H3,(H,23,24). The van der Waals surface area contributed by atoms with Gasteiger partial charge in [0.2, 0.25) is 0 Å². The van der Waals surface area contributed by atoms with Crippen LogP contribution < -0.4 is 5.32 Å². The lowest BCUT2D eigenvalue weighted by Crippen LogP contribution is -2.46. The van der Waals surface area contributed by atoms with E-state index in [1.807, 2.05) is 0 Å². The fourth-order valence-electron chi connectivity index (χ4n) is 2.41. The number of carbonyl (C=O) groups is 1. The fourth-order valence-corrected chi connectivity index (χ4v) is 4.50. The molecule has 0 saturated heterocycles. The fraction of sp³-hybridized carbons (Fsp3) is 0.278. The van der Waals surface area contributed by atoms with Crippen LogP contribution in [0.4, 0.5) is 18.9 Å². The zero-order chi connectivity index (χ0) is 21.2. The second-order valence-electron chi connectivity index (χ2n) is 6.43. The Hall–Kier alpha value is -2.10. The van der Waals surface area contributed by atoms with E-state index in [0.717, 1.165) is 31.2 Å². The first kappa shape index (κ1) is 22.2. The molecule has 0 heterocycles. The maximum atomic E-state index is 12.6. The second kappa shape index (κ2) is 8.10. The summed E-state index contributed by atoms with van der Waals surface area (Å²) >= 11 is 5.93. The minimum absolute atomic E-state index is 0.0122. The number of sulfone groups is 1. The highest BCUT2D eigenvalue weighted by molar-refractivity contribution is 7.90. The zero-order valence-electron chi connectivity index (χ0n) is 14.6. The summed E-state index contributed by atoms with van der Waals surface area (Å²) in [6, 6.07) is 9.80. The molecule has 5 nitrogen and oxygen atoms in total. The van der Waals surface area contributed by atoms with Crippen molar-refractivity contribution in [3.05, 3.63) is 64.7 Å². The van der Waals surface area contributed by atoms with Crippen molar-refractivity contribution in [1.29, 1.82) is 0 Å². The average molecular weight is 436 g/mol. The van der Waals surface area contributed by atoms with Gasteiger partial charge in [-0.15, -0.1) is 0 Å². The van der Waals surface area contributed by atoms with Crippen LogP contribution in [-0.2, 0) is 26.6 Å². The smallest absolute Gasteiger partial charge is 0.379 e. The molecule has 2 rings (SSSR count). The van der Waals surface area contributed by atoms with Gasteiger partial charge in [-0.25, -0.2) is 8.42 Å². The average Bonchev–Trinajstić information content (AvgIpc) is 2.55. The van der Waals surface area contributed by atoms with Crippen molar-refractivity contribution in [3.8, 4) is 0 Å². The Kier molecular flexibility index (Phi) is 6.42. The summed E-state index contributed by atoms with van der Waals surface area (Å²) in [5, 5.41) is 12.8. The third kappa shape index (κ3) is 5.95. The molecule has 152 valence electrons. The van der Waals surface area contributed by atoms with E-state index in [1.165, 1.54) is 12.1 Å². The van der Waals surface area contributed by atoms with E-state index in [4.69, 9.17) is 11.6 Å². The highest BCUT2D eigenvalue weighted by Gasteiger charge is 2.36. The third-order valence-corrected chi connectivity index (χ3v) is 5.91. The van der Waals surface area contributed by atoms with Crippen LogP contribution in [0.1, 0.15) is 18.1 Å². The summed E-state index contributed by atoms with van der Waals surface area (Å²) in [6.07, 6.45) is -4.53. The summed E-state index contributed by atoms with van der Waals surface area (Å²) < 4.78 is 62.4. The molecule has 0 aliphatic heterocycles. The monoisotopic (exact) mass is 435 g/mol. The number of alkyl halides is 3. The van der Waals surface area contributed by atoms with E-state index >= 15 is 0 Å². The van der Waals surface area contributed by atoms with E-state index < -0.39 is 44.6 Å². The van der Waals surface area contributed by atoms with Crippen LogP contribution in [0.5, 0.6) is 0 Å². The lowest BCUT2D eigenvalue weighted by atomic mass is 10.1. The Labute approximate surface area is 165 Å². The molecular formula is C18H17ClF3NO4S. The van der Waals surface area contributed by atoms with E-state index in [9.17, 15) is 31.5 Å². The Morgan fingerprint density at radius 3 is 2.21 bits per heavy atom. The van der Waals surface area contributed by atoms with Gasteiger partial charge >= 0.3 is 6.18 Å². The first-order valence-electron chi connectivity index (χ1n) is 7.95. The van der Waals surface area contributed by atoms with Gasteiger partial charge in [0.15, 0.2) is 15.4 Å².